The van der Waals surface area contributed by atoms with Crippen LogP contribution in [0.25, 0.3) is 0 Å². The molecule has 0 aliphatic rings. The number of benzene rings is 1. The molecule has 6 nitrogen and oxygen atoms in total. The van der Waals surface area contributed by atoms with Crippen molar-refractivity contribution in [2.75, 3.05) is 26.0 Å². The topological polar surface area (TPSA) is 85.3 Å². The Morgan fingerprint density at radius 3 is 2.70 bits per heavy atom. The standard InChI is InChI=1S/C13H17BN4O2/c1-16-11-8-9(14)4-5-10(11)12(15)18(6-3-7-19)13(20)17-2/h4-5,7-8,15-16H,3,6H2,1-2H3,(H,17,20). The van der Waals surface area contributed by atoms with Crippen LogP contribution in [0.1, 0.15) is 12.0 Å². The third kappa shape index (κ3) is 3.60. The van der Waals surface area contributed by atoms with Crippen molar-refractivity contribution in [3.63, 3.8) is 0 Å². The molecule has 1 aromatic carbocycles. The fourth-order valence-electron chi connectivity index (χ4n) is 1.75. The average molecular weight is 272 g/mol. The Balaban J connectivity index is 3.11. The first-order valence-corrected chi connectivity index (χ1v) is 6.14. The summed E-state index contributed by atoms with van der Waals surface area (Å²) >= 11 is 0. The van der Waals surface area contributed by atoms with Gasteiger partial charge in [-0.2, -0.15) is 0 Å². The van der Waals surface area contributed by atoms with E-state index in [0.29, 0.717) is 23.0 Å². The number of aldehydes is 1. The Morgan fingerprint density at radius 2 is 2.15 bits per heavy atom. The summed E-state index contributed by atoms with van der Waals surface area (Å²) in [5, 5.41) is 13.6. The third-order valence-electron chi connectivity index (χ3n) is 2.77. The van der Waals surface area contributed by atoms with Gasteiger partial charge in [0.1, 0.15) is 20.0 Å². The first-order chi connectivity index (χ1) is 9.54. The van der Waals surface area contributed by atoms with Crippen molar-refractivity contribution < 1.29 is 9.59 Å². The molecule has 0 heterocycles. The average Bonchev–Trinajstić information content (AvgIpc) is 2.46. The van der Waals surface area contributed by atoms with Crippen molar-refractivity contribution in [2.24, 2.45) is 0 Å². The first kappa shape index (κ1) is 15.8. The molecule has 0 saturated carbocycles. The van der Waals surface area contributed by atoms with Gasteiger partial charge in [0, 0.05) is 38.3 Å². The van der Waals surface area contributed by atoms with E-state index in [4.69, 9.17) is 13.3 Å². The van der Waals surface area contributed by atoms with Crippen LogP contribution in [0.4, 0.5) is 10.5 Å². The Hall–Kier alpha value is -2.31. The summed E-state index contributed by atoms with van der Waals surface area (Å²) in [6.45, 7) is 0.148. The van der Waals surface area contributed by atoms with Gasteiger partial charge in [0.25, 0.3) is 0 Å². The van der Waals surface area contributed by atoms with Crippen molar-refractivity contribution in [1.82, 2.24) is 10.2 Å². The predicted molar refractivity (Wildman–Crippen MR) is 80.0 cm³/mol. The molecule has 0 saturated heterocycles. The highest BCUT2D eigenvalue weighted by Crippen LogP contribution is 2.15. The van der Waals surface area contributed by atoms with Gasteiger partial charge in [0.05, 0.1) is 0 Å². The maximum atomic E-state index is 11.8. The fraction of sp³-hybridized carbons (Fsp3) is 0.308. The molecule has 0 fully saturated rings. The number of carbonyl (C=O) groups excluding carboxylic acids is 2. The van der Waals surface area contributed by atoms with Gasteiger partial charge >= 0.3 is 6.03 Å². The van der Waals surface area contributed by atoms with Gasteiger partial charge in [0.2, 0.25) is 0 Å². The molecule has 1 aromatic rings. The molecule has 3 N–H and O–H groups in total. The molecule has 2 amide bonds. The van der Waals surface area contributed by atoms with Crippen LogP contribution in [0.2, 0.25) is 0 Å². The molecule has 0 aromatic heterocycles. The molecule has 2 radical (unpaired) electrons. The number of hydrogen-bond acceptors (Lipinski definition) is 4. The van der Waals surface area contributed by atoms with Crippen molar-refractivity contribution in [3.05, 3.63) is 23.8 Å². The van der Waals surface area contributed by atoms with Crippen molar-refractivity contribution in [2.45, 2.75) is 6.42 Å². The third-order valence-corrected chi connectivity index (χ3v) is 2.77. The minimum absolute atomic E-state index is 0.00977. The zero-order chi connectivity index (χ0) is 15.1. The van der Waals surface area contributed by atoms with Crippen LogP contribution in [0, 0.1) is 5.41 Å². The second-order valence-corrected chi connectivity index (χ2v) is 4.07. The largest absolute Gasteiger partial charge is 0.388 e. The van der Waals surface area contributed by atoms with Crippen LogP contribution in [0.5, 0.6) is 0 Å². The van der Waals surface area contributed by atoms with Crippen molar-refractivity contribution >= 4 is 37.1 Å². The number of rotatable bonds is 5. The molecule has 0 bridgehead atoms. The molecule has 0 aliphatic carbocycles. The summed E-state index contributed by atoms with van der Waals surface area (Å²) in [6.07, 6.45) is 0.880. The van der Waals surface area contributed by atoms with Crippen LogP contribution in [0.15, 0.2) is 18.2 Å². The Morgan fingerprint density at radius 1 is 1.45 bits per heavy atom. The monoisotopic (exact) mass is 272 g/mol. The zero-order valence-corrected chi connectivity index (χ0v) is 11.6. The van der Waals surface area contributed by atoms with E-state index in [1.165, 1.54) is 11.9 Å². The van der Waals surface area contributed by atoms with Gasteiger partial charge in [-0.15, -0.1) is 0 Å². The normalized spacial score (nSPS) is 9.70. The summed E-state index contributed by atoms with van der Waals surface area (Å²) in [6, 6.07) is 4.58. The lowest BCUT2D eigenvalue weighted by molar-refractivity contribution is -0.107. The lowest BCUT2D eigenvalue weighted by Crippen LogP contribution is -2.43. The van der Waals surface area contributed by atoms with Gasteiger partial charge in [-0.3, -0.25) is 10.3 Å². The Kier molecular flexibility index (Phi) is 5.77. The molecule has 0 aliphatic heterocycles. The van der Waals surface area contributed by atoms with E-state index in [9.17, 15) is 9.59 Å². The van der Waals surface area contributed by atoms with E-state index in [1.54, 1.807) is 25.2 Å². The van der Waals surface area contributed by atoms with E-state index in [0.717, 1.165) is 0 Å². The quantitative estimate of drug-likeness (QED) is 0.307. The predicted octanol–water partition coefficient (Wildman–Crippen LogP) is 0.0779. The molecular weight excluding hydrogens is 255 g/mol. The number of hydrogen-bond donors (Lipinski definition) is 3. The summed E-state index contributed by atoms with van der Waals surface area (Å²) < 4.78 is 0. The van der Waals surface area contributed by atoms with Gasteiger partial charge < -0.3 is 15.4 Å². The van der Waals surface area contributed by atoms with Gasteiger partial charge in [0.15, 0.2) is 0 Å². The second kappa shape index (κ2) is 7.32. The lowest BCUT2D eigenvalue weighted by atomic mass is 9.93. The lowest BCUT2D eigenvalue weighted by Gasteiger charge is -2.23. The Bertz CT molecular complexity index is 519. The van der Waals surface area contributed by atoms with Crippen molar-refractivity contribution in [3.8, 4) is 0 Å². The zero-order valence-electron chi connectivity index (χ0n) is 11.6. The van der Waals surface area contributed by atoms with Gasteiger partial charge in [-0.25, -0.2) is 4.79 Å². The summed E-state index contributed by atoms with van der Waals surface area (Å²) in [4.78, 5) is 23.5. The SMILES string of the molecule is [B]c1ccc(C(=N)N(CCC=O)C(=O)NC)c(NC)c1. The van der Waals surface area contributed by atoms with Gasteiger partial charge in [-0.1, -0.05) is 11.5 Å². The Labute approximate surface area is 119 Å². The molecular formula is C13H17BN4O2. The maximum absolute atomic E-state index is 11.8. The van der Waals surface area contributed by atoms with Gasteiger partial charge in [-0.05, 0) is 12.1 Å². The highest BCUT2D eigenvalue weighted by Gasteiger charge is 2.20. The molecule has 104 valence electrons. The summed E-state index contributed by atoms with van der Waals surface area (Å²) in [5.74, 6) is 0.00977. The van der Waals surface area contributed by atoms with Crippen LogP contribution >= 0.6 is 0 Å². The van der Waals surface area contributed by atoms with Crippen LogP contribution in [-0.4, -0.2) is 51.5 Å². The number of amides is 2. The van der Waals surface area contributed by atoms with E-state index >= 15 is 0 Å². The van der Waals surface area contributed by atoms with E-state index in [-0.39, 0.29) is 18.8 Å². The molecule has 0 unspecified atom stereocenters. The number of carbonyl (C=O) groups is 2. The highest BCUT2D eigenvalue weighted by atomic mass is 16.2. The smallest absolute Gasteiger partial charge is 0.322 e. The molecule has 1 rings (SSSR count). The minimum Gasteiger partial charge on any atom is -0.388 e. The first-order valence-electron chi connectivity index (χ1n) is 6.14. The molecule has 0 atom stereocenters. The van der Waals surface area contributed by atoms with E-state index in [1.807, 2.05) is 0 Å². The highest BCUT2D eigenvalue weighted by molar-refractivity contribution is 6.33. The second-order valence-electron chi connectivity index (χ2n) is 4.07. The van der Waals surface area contributed by atoms with Crippen LogP contribution < -0.4 is 16.1 Å². The molecule has 7 heteroatoms. The van der Waals surface area contributed by atoms with Crippen LogP contribution in [0.3, 0.4) is 0 Å². The number of nitrogens with zero attached hydrogens (tertiary/aromatic N) is 1. The molecule has 0 spiro atoms. The van der Waals surface area contributed by atoms with E-state index < -0.39 is 6.03 Å². The maximum Gasteiger partial charge on any atom is 0.322 e. The number of anilines is 1. The number of nitrogens with one attached hydrogen (secondary N) is 3. The number of urea groups is 1. The summed E-state index contributed by atoms with van der Waals surface area (Å²) in [5.41, 5.74) is 1.75. The molecule has 20 heavy (non-hydrogen) atoms. The fourth-order valence-corrected chi connectivity index (χ4v) is 1.75. The number of amidine groups is 1. The summed E-state index contributed by atoms with van der Waals surface area (Å²) in [7, 11) is 8.88. The van der Waals surface area contributed by atoms with Crippen LogP contribution in [-0.2, 0) is 4.79 Å². The minimum atomic E-state index is -0.435. The van der Waals surface area contributed by atoms with E-state index in [2.05, 4.69) is 10.6 Å². The van der Waals surface area contributed by atoms with Crippen molar-refractivity contribution in [1.29, 1.82) is 5.41 Å².